The van der Waals surface area contributed by atoms with E-state index in [1.54, 1.807) is 0 Å². The van der Waals surface area contributed by atoms with Crippen molar-refractivity contribution in [2.45, 2.75) is 64.5 Å². The molecule has 2 heteroatoms. The van der Waals surface area contributed by atoms with Crippen LogP contribution in [0.2, 0.25) is 0 Å². The lowest BCUT2D eigenvalue weighted by Crippen LogP contribution is -2.42. The molecule has 0 heterocycles. The molecular weight excluding hydrogens is 174 g/mol. The molecule has 1 saturated carbocycles. The third kappa shape index (κ3) is 3.58. The van der Waals surface area contributed by atoms with E-state index >= 15 is 0 Å². The van der Waals surface area contributed by atoms with Crippen LogP contribution in [0.4, 0.5) is 0 Å². The molecule has 1 N–H and O–H groups in total. The van der Waals surface area contributed by atoms with Crippen LogP contribution in [-0.4, -0.2) is 35.2 Å². The van der Waals surface area contributed by atoms with Gasteiger partial charge in [-0.1, -0.05) is 25.7 Å². The van der Waals surface area contributed by atoms with E-state index in [1.807, 2.05) is 0 Å². The van der Waals surface area contributed by atoms with Gasteiger partial charge in [-0.05, 0) is 26.7 Å². The molecule has 1 aliphatic rings. The number of aliphatic hydroxyl groups is 1. The Morgan fingerprint density at radius 3 is 2.14 bits per heavy atom. The Hall–Kier alpha value is -0.0800. The van der Waals surface area contributed by atoms with Gasteiger partial charge in [0.2, 0.25) is 0 Å². The van der Waals surface area contributed by atoms with Gasteiger partial charge in [-0.25, -0.2) is 0 Å². The molecule has 0 aliphatic heterocycles. The lowest BCUT2D eigenvalue weighted by atomic mass is 10.1. The fourth-order valence-corrected chi connectivity index (χ4v) is 2.57. The maximum absolute atomic E-state index is 9.04. The normalized spacial score (nSPS) is 20.4. The number of rotatable bonds is 4. The summed E-state index contributed by atoms with van der Waals surface area (Å²) in [5.41, 5.74) is 0. The molecule has 0 saturated heterocycles. The van der Waals surface area contributed by atoms with Crippen molar-refractivity contribution >= 4 is 0 Å². The third-order valence-corrected chi connectivity index (χ3v) is 3.32. The van der Waals surface area contributed by atoms with E-state index in [2.05, 4.69) is 18.7 Å². The second-order valence-electron chi connectivity index (χ2n) is 4.70. The van der Waals surface area contributed by atoms with Crippen molar-refractivity contribution in [1.29, 1.82) is 0 Å². The molecule has 0 aromatic heterocycles. The van der Waals surface area contributed by atoms with Gasteiger partial charge >= 0.3 is 0 Å². The molecule has 1 aliphatic carbocycles. The Balaban J connectivity index is 2.46. The molecule has 0 amide bonds. The van der Waals surface area contributed by atoms with Gasteiger partial charge < -0.3 is 5.11 Å². The molecule has 2 nitrogen and oxygen atoms in total. The van der Waals surface area contributed by atoms with E-state index in [9.17, 15) is 0 Å². The molecule has 0 atom stereocenters. The largest absolute Gasteiger partial charge is 0.395 e. The highest BCUT2D eigenvalue weighted by molar-refractivity contribution is 4.76. The highest BCUT2D eigenvalue weighted by Crippen LogP contribution is 2.23. The third-order valence-electron chi connectivity index (χ3n) is 3.32. The first-order chi connectivity index (χ1) is 6.75. The summed E-state index contributed by atoms with van der Waals surface area (Å²) in [5.74, 6) is 0. The number of hydrogen-bond donors (Lipinski definition) is 1. The predicted molar refractivity (Wildman–Crippen MR) is 60.4 cm³/mol. The van der Waals surface area contributed by atoms with E-state index in [-0.39, 0.29) is 0 Å². The van der Waals surface area contributed by atoms with Gasteiger partial charge in [0.05, 0.1) is 6.61 Å². The zero-order valence-electron chi connectivity index (χ0n) is 9.71. The average Bonchev–Trinajstić information content (AvgIpc) is 2.41. The summed E-state index contributed by atoms with van der Waals surface area (Å²) in [5, 5.41) is 9.04. The second kappa shape index (κ2) is 6.41. The molecule has 14 heavy (non-hydrogen) atoms. The molecule has 0 unspecified atom stereocenters. The molecule has 0 aromatic carbocycles. The van der Waals surface area contributed by atoms with Crippen LogP contribution < -0.4 is 0 Å². The van der Waals surface area contributed by atoms with Gasteiger partial charge in [0.15, 0.2) is 0 Å². The summed E-state index contributed by atoms with van der Waals surface area (Å²) in [4.78, 5) is 2.48. The molecule has 0 aromatic rings. The van der Waals surface area contributed by atoms with Crippen molar-refractivity contribution in [1.82, 2.24) is 4.90 Å². The van der Waals surface area contributed by atoms with Gasteiger partial charge in [-0.15, -0.1) is 0 Å². The summed E-state index contributed by atoms with van der Waals surface area (Å²) in [6, 6.07) is 1.30. The average molecular weight is 199 g/mol. The van der Waals surface area contributed by atoms with E-state index in [0.717, 1.165) is 12.6 Å². The van der Waals surface area contributed by atoms with E-state index in [0.29, 0.717) is 12.6 Å². The van der Waals surface area contributed by atoms with Gasteiger partial charge in [0, 0.05) is 18.6 Å². The van der Waals surface area contributed by atoms with Crippen LogP contribution in [0.1, 0.15) is 52.4 Å². The quantitative estimate of drug-likeness (QED) is 0.703. The van der Waals surface area contributed by atoms with Crippen LogP contribution in [0.25, 0.3) is 0 Å². The second-order valence-corrected chi connectivity index (χ2v) is 4.70. The van der Waals surface area contributed by atoms with Crippen LogP contribution in [0.3, 0.4) is 0 Å². The SMILES string of the molecule is CC(C)N(CCO)C1CCCCCC1. The molecule has 84 valence electrons. The molecule has 1 rings (SSSR count). The Labute approximate surface area is 88.3 Å². The maximum atomic E-state index is 9.04. The van der Waals surface area contributed by atoms with Crippen LogP contribution >= 0.6 is 0 Å². The number of nitrogens with zero attached hydrogens (tertiary/aromatic N) is 1. The van der Waals surface area contributed by atoms with E-state index < -0.39 is 0 Å². The van der Waals surface area contributed by atoms with Crippen LogP contribution in [0, 0.1) is 0 Å². The minimum atomic E-state index is 0.300. The lowest BCUT2D eigenvalue weighted by molar-refractivity contribution is 0.108. The van der Waals surface area contributed by atoms with Crippen molar-refractivity contribution in [2.24, 2.45) is 0 Å². The molecule has 0 radical (unpaired) electrons. The molecular formula is C12H25NO. The summed E-state index contributed by atoms with van der Waals surface area (Å²) in [7, 11) is 0. The first-order valence-electron chi connectivity index (χ1n) is 6.12. The smallest absolute Gasteiger partial charge is 0.0558 e. The topological polar surface area (TPSA) is 23.5 Å². The van der Waals surface area contributed by atoms with Crippen molar-refractivity contribution in [3.05, 3.63) is 0 Å². The van der Waals surface area contributed by atoms with Gasteiger partial charge in [0.1, 0.15) is 0 Å². The first kappa shape index (κ1) is 12.0. The van der Waals surface area contributed by atoms with E-state index in [1.165, 1.54) is 38.5 Å². The summed E-state index contributed by atoms with van der Waals surface area (Å²) < 4.78 is 0. The van der Waals surface area contributed by atoms with Gasteiger partial charge in [-0.3, -0.25) is 4.90 Å². The fraction of sp³-hybridized carbons (Fsp3) is 1.00. The Bertz CT molecular complexity index is 139. The maximum Gasteiger partial charge on any atom is 0.0558 e. The number of hydrogen-bond acceptors (Lipinski definition) is 2. The molecule has 1 fully saturated rings. The van der Waals surface area contributed by atoms with Crippen molar-refractivity contribution < 1.29 is 5.11 Å². The van der Waals surface area contributed by atoms with Crippen LogP contribution in [0.15, 0.2) is 0 Å². The van der Waals surface area contributed by atoms with Crippen molar-refractivity contribution in [2.75, 3.05) is 13.2 Å². The van der Waals surface area contributed by atoms with Crippen molar-refractivity contribution in [3.63, 3.8) is 0 Å². The Morgan fingerprint density at radius 2 is 1.71 bits per heavy atom. The highest BCUT2D eigenvalue weighted by Gasteiger charge is 2.21. The summed E-state index contributed by atoms with van der Waals surface area (Å²) in [6.07, 6.45) is 8.22. The van der Waals surface area contributed by atoms with Gasteiger partial charge in [-0.2, -0.15) is 0 Å². The summed E-state index contributed by atoms with van der Waals surface area (Å²) in [6.45, 7) is 5.62. The minimum absolute atomic E-state index is 0.300. The highest BCUT2D eigenvalue weighted by atomic mass is 16.3. The molecule has 0 bridgehead atoms. The predicted octanol–water partition coefficient (Wildman–Crippen LogP) is 2.41. The number of aliphatic hydroxyl groups excluding tert-OH is 1. The van der Waals surface area contributed by atoms with Gasteiger partial charge in [0.25, 0.3) is 0 Å². The Morgan fingerprint density at radius 1 is 1.14 bits per heavy atom. The lowest BCUT2D eigenvalue weighted by Gasteiger charge is -2.34. The zero-order valence-corrected chi connectivity index (χ0v) is 9.71. The first-order valence-corrected chi connectivity index (χ1v) is 6.12. The fourth-order valence-electron chi connectivity index (χ4n) is 2.57. The zero-order chi connectivity index (χ0) is 10.4. The minimum Gasteiger partial charge on any atom is -0.395 e. The van der Waals surface area contributed by atoms with Crippen molar-refractivity contribution in [3.8, 4) is 0 Å². The molecule has 0 spiro atoms. The van der Waals surface area contributed by atoms with E-state index in [4.69, 9.17) is 5.11 Å². The van der Waals surface area contributed by atoms with Crippen LogP contribution in [0.5, 0.6) is 0 Å². The van der Waals surface area contributed by atoms with Crippen LogP contribution in [-0.2, 0) is 0 Å². The monoisotopic (exact) mass is 199 g/mol. The standard InChI is InChI=1S/C12H25NO/c1-11(2)13(9-10-14)12-7-5-3-4-6-8-12/h11-12,14H,3-10H2,1-2H3. The summed E-state index contributed by atoms with van der Waals surface area (Å²) >= 11 is 0. The Kier molecular flexibility index (Phi) is 5.49.